The van der Waals surface area contributed by atoms with Gasteiger partial charge in [-0.3, -0.25) is 4.79 Å². The Labute approximate surface area is 112 Å². The summed E-state index contributed by atoms with van der Waals surface area (Å²) in [5.74, 6) is -0.258. The number of nitrogens with one attached hydrogen (secondary N) is 1. The third-order valence-corrected chi connectivity index (χ3v) is 3.81. The summed E-state index contributed by atoms with van der Waals surface area (Å²) in [6.45, 7) is 0.579. The zero-order valence-corrected chi connectivity index (χ0v) is 11.2. The van der Waals surface area contributed by atoms with E-state index < -0.39 is 16.1 Å². The molecule has 1 fully saturated rings. The first-order valence-electron chi connectivity index (χ1n) is 6.02. The highest BCUT2D eigenvalue weighted by Gasteiger charge is 2.22. The van der Waals surface area contributed by atoms with Crippen LogP contribution >= 0.6 is 0 Å². The predicted molar refractivity (Wildman–Crippen MR) is 70.0 cm³/mol. The van der Waals surface area contributed by atoms with Gasteiger partial charge >= 0.3 is 0 Å². The van der Waals surface area contributed by atoms with Crippen LogP contribution in [0.2, 0.25) is 0 Å². The SMILES string of the molecule is NS(=O)(=O)c1cccc(NC(=O)C2CCCCO2)c1. The molecule has 1 aromatic rings. The largest absolute Gasteiger partial charge is 0.368 e. The number of primary sulfonamides is 1. The zero-order chi connectivity index (χ0) is 13.9. The Hall–Kier alpha value is -1.44. The Balaban J connectivity index is 2.08. The van der Waals surface area contributed by atoms with Gasteiger partial charge in [0.05, 0.1) is 4.90 Å². The molecule has 0 radical (unpaired) electrons. The maximum atomic E-state index is 11.9. The van der Waals surface area contributed by atoms with Crippen LogP contribution in [0.25, 0.3) is 0 Å². The number of sulfonamides is 1. The van der Waals surface area contributed by atoms with Crippen LogP contribution in [-0.2, 0) is 19.6 Å². The lowest BCUT2D eigenvalue weighted by molar-refractivity contribution is -0.129. The minimum absolute atomic E-state index is 0.0325. The van der Waals surface area contributed by atoms with Gasteiger partial charge < -0.3 is 10.1 Å². The second-order valence-electron chi connectivity index (χ2n) is 4.42. The van der Waals surface area contributed by atoms with Crippen molar-refractivity contribution in [3.8, 4) is 0 Å². The fourth-order valence-electron chi connectivity index (χ4n) is 1.92. The van der Waals surface area contributed by atoms with E-state index in [1.807, 2.05) is 0 Å². The number of hydrogen-bond donors (Lipinski definition) is 2. The maximum absolute atomic E-state index is 11.9. The lowest BCUT2D eigenvalue weighted by Gasteiger charge is -2.21. The molecule has 1 unspecified atom stereocenters. The minimum Gasteiger partial charge on any atom is -0.368 e. The molecule has 1 atom stereocenters. The van der Waals surface area contributed by atoms with Gasteiger partial charge in [0.25, 0.3) is 5.91 Å². The molecule has 3 N–H and O–H groups in total. The summed E-state index contributed by atoms with van der Waals surface area (Å²) < 4.78 is 27.8. The van der Waals surface area contributed by atoms with Gasteiger partial charge in [0.2, 0.25) is 10.0 Å². The summed E-state index contributed by atoms with van der Waals surface area (Å²) in [5, 5.41) is 7.67. The first-order valence-corrected chi connectivity index (χ1v) is 7.57. The minimum atomic E-state index is -3.77. The molecule has 104 valence electrons. The highest BCUT2D eigenvalue weighted by molar-refractivity contribution is 7.89. The molecule has 1 aliphatic heterocycles. The summed E-state index contributed by atoms with van der Waals surface area (Å²) in [6.07, 6.45) is 2.13. The van der Waals surface area contributed by atoms with Gasteiger partial charge in [0.15, 0.2) is 0 Å². The fourth-order valence-corrected chi connectivity index (χ4v) is 2.48. The summed E-state index contributed by atoms with van der Waals surface area (Å²) in [6, 6.07) is 5.84. The van der Waals surface area contributed by atoms with Gasteiger partial charge in [-0.25, -0.2) is 13.6 Å². The first-order chi connectivity index (χ1) is 8.97. The first kappa shape index (κ1) is 14.0. The number of nitrogens with two attached hydrogens (primary N) is 1. The van der Waals surface area contributed by atoms with E-state index in [1.54, 1.807) is 6.07 Å². The van der Waals surface area contributed by atoms with E-state index >= 15 is 0 Å². The van der Waals surface area contributed by atoms with Crippen LogP contribution in [0.1, 0.15) is 19.3 Å². The van der Waals surface area contributed by atoms with Crippen molar-refractivity contribution in [3.63, 3.8) is 0 Å². The molecule has 19 heavy (non-hydrogen) atoms. The number of hydrogen-bond acceptors (Lipinski definition) is 4. The van der Waals surface area contributed by atoms with Crippen LogP contribution in [0.4, 0.5) is 5.69 Å². The number of ether oxygens (including phenoxy) is 1. The highest BCUT2D eigenvalue weighted by Crippen LogP contribution is 2.17. The molecule has 6 nitrogen and oxygen atoms in total. The van der Waals surface area contributed by atoms with Crippen LogP contribution in [0, 0.1) is 0 Å². The Morgan fingerprint density at radius 3 is 2.79 bits per heavy atom. The number of carbonyl (C=O) groups is 1. The Morgan fingerprint density at radius 2 is 2.16 bits per heavy atom. The number of amides is 1. The van der Waals surface area contributed by atoms with Crippen LogP contribution in [-0.4, -0.2) is 27.0 Å². The van der Waals surface area contributed by atoms with Crippen LogP contribution < -0.4 is 10.5 Å². The van der Waals surface area contributed by atoms with Crippen LogP contribution in [0.5, 0.6) is 0 Å². The van der Waals surface area contributed by atoms with E-state index in [-0.39, 0.29) is 10.8 Å². The van der Waals surface area contributed by atoms with Gasteiger partial charge in [-0.1, -0.05) is 6.07 Å². The van der Waals surface area contributed by atoms with Gasteiger partial charge in [0.1, 0.15) is 6.10 Å². The molecule has 0 spiro atoms. The quantitative estimate of drug-likeness (QED) is 0.859. The van der Waals surface area contributed by atoms with Crippen molar-refractivity contribution >= 4 is 21.6 Å². The fraction of sp³-hybridized carbons (Fsp3) is 0.417. The van der Waals surface area contributed by atoms with Gasteiger partial charge in [0, 0.05) is 12.3 Å². The summed E-state index contributed by atoms with van der Waals surface area (Å²) in [4.78, 5) is 11.9. The summed E-state index contributed by atoms with van der Waals surface area (Å²) >= 11 is 0. The molecule has 0 bridgehead atoms. The molecule has 0 aliphatic carbocycles. The number of carbonyl (C=O) groups excluding carboxylic acids is 1. The Bertz CT molecular complexity index is 565. The monoisotopic (exact) mass is 284 g/mol. The van der Waals surface area contributed by atoms with Gasteiger partial charge in [-0.15, -0.1) is 0 Å². The highest BCUT2D eigenvalue weighted by atomic mass is 32.2. The molecular weight excluding hydrogens is 268 g/mol. The van der Waals surface area contributed by atoms with Crippen molar-refractivity contribution in [1.29, 1.82) is 0 Å². The molecule has 1 aromatic carbocycles. The third kappa shape index (κ3) is 3.76. The van der Waals surface area contributed by atoms with E-state index in [1.165, 1.54) is 18.2 Å². The van der Waals surface area contributed by atoms with Crippen molar-refractivity contribution in [2.45, 2.75) is 30.3 Å². The van der Waals surface area contributed by atoms with E-state index in [2.05, 4.69) is 5.32 Å². The molecule has 7 heteroatoms. The summed E-state index contributed by atoms with van der Waals surface area (Å²) in [7, 11) is -3.77. The second-order valence-corrected chi connectivity index (χ2v) is 5.98. The van der Waals surface area contributed by atoms with Crippen molar-refractivity contribution < 1.29 is 17.9 Å². The molecule has 1 amide bonds. The lowest BCUT2D eigenvalue weighted by Crippen LogP contribution is -2.33. The normalized spacial score (nSPS) is 19.9. The second kappa shape index (κ2) is 5.68. The van der Waals surface area contributed by atoms with Crippen molar-refractivity contribution in [2.24, 2.45) is 5.14 Å². The van der Waals surface area contributed by atoms with E-state index in [9.17, 15) is 13.2 Å². The van der Waals surface area contributed by atoms with E-state index in [0.717, 1.165) is 12.8 Å². The Kier molecular flexibility index (Phi) is 4.18. The number of benzene rings is 1. The average molecular weight is 284 g/mol. The van der Waals surface area contributed by atoms with Crippen molar-refractivity contribution in [2.75, 3.05) is 11.9 Å². The number of anilines is 1. The van der Waals surface area contributed by atoms with Gasteiger partial charge in [-0.2, -0.15) is 0 Å². The summed E-state index contributed by atoms with van der Waals surface area (Å²) in [5.41, 5.74) is 0.394. The molecule has 1 saturated heterocycles. The van der Waals surface area contributed by atoms with E-state index in [4.69, 9.17) is 9.88 Å². The topological polar surface area (TPSA) is 98.5 Å². The zero-order valence-electron chi connectivity index (χ0n) is 10.3. The van der Waals surface area contributed by atoms with Crippen LogP contribution in [0.3, 0.4) is 0 Å². The average Bonchev–Trinajstić information content (AvgIpc) is 2.39. The molecule has 0 aromatic heterocycles. The van der Waals surface area contributed by atoms with Crippen molar-refractivity contribution in [3.05, 3.63) is 24.3 Å². The Morgan fingerprint density at radius 1 is 1.37 bits per heavy atom. The molecular formula is C12H16N2O4S. The predicted octanol–water partition coefficient (Wildman–Crippen LogP) is 0.842. The van der Waals surface area contributed by atoms with Crippen LogP contribution in [0.15, 0.2) is 29.2 Å². The molecule has 1 aliphatic rings. The lowest BCUT2D eigenvalue weighted by atomic mass is 10.1. The van der Waals surface area contributed by atoms with Crippen molar-refractivity contribution in [1.82, 2.24) is 0 Å². The maximum Gasteiger partial charge on any atom is 0.253 e. The standard InChI is InChI=1S/C12H16N2O4S/c13-19(16,17)10-5-3-4-9(8-10)14-12(15)11-6-1-2-7-18-11/h3-5,8,11H,1-2,6-7H2,(H,14,15)(H2,13,16,17). The number of rotatable bonds is 3. The third-order valence-electron chi connectivity index (χ3n) is 2.90. The van der Waals surface area contributed by atoms with E-state index in [0.29, 0.717) is 18.7 Å². The smallest absolute Gasteiger partial charge is 0.253 e. The molecule has 0 saturated carbocycles. The van der Waals surface area contributed by atoms with Gasteiger partial charge in [-0.05, 0) is 37.5 Å². The molecule has 2 rings (SSSR count). The molecule has 1 heterocycles.